The molecule has 3 rings (SSSR count). The van der Waals surface area contributed by atoms with Crippen molar-refractivity contribution < 1.29 is 18.0 Å². The molecule has 0 unspecified atom stereocenters. The molecular formula is C17H10ClF3N2OS. The van der Waals surface area contributed by atoms with Crippen LogP contribution in [0.3, 0.4) is 0 Å². The first kappa shape index (κ1) is 17.4. The summed E-state index contributed by atoms with van der Waals surface area (Å²) >= 11 is 6.90. The van der Waals surface area contributed by atoms with Crippen LogP contribution in [-0.4, -0.2) is 10.9 Å². The van der Waals surface area contributed by atoms with Crippen molar-refractivity contribution >= 4 is 34.0 Å². The fourth-order valence-corrected chi connectivity index (χ4v) is 3.17. The Morgan fingerprint density at radius 1 is 1.04 bits per heavy atom. The number of aromatic nitrogens is 1. The Labute approximate surface area is 150 Å². The molecule has 2 aromatic carbocycles. The molecule has 0 aliphatic heterocycles. The Bertz CT molecular complexity index is 924. The van der Waals surface area contributed by atoms with E-state index in [1.165, 1.54) is 0 Å². The molecule has 128 valence electrons. The van der Waals surface area contributed by atoms with Gasteiger partial charge < -0.3 is 0 Å². The Balaban J connectivity index is 1.91. The highest BCUT2D eigenvalue weighted by molar-refractivity contribution is 7.14. The van der Waals surface area contributed by atoms with Gasteiger partial charge in [0.25, 0.3) is 5.91 Å². The maximum absolute atomic E-state index is 12.6. The summed E-state index contributed by atoms with van der Waals surface area (Å²) in [6.45, 7) is 0. The van der Waals surface area contributed by atoms with Crippen molar-refractivity contribution in [3.63, 3.8) is 0 Å². The van der Waals surface area contributed by atoms with Crippen LogP contribution in [0.5, 0.6) is 0 Å². The smallest absolute Gasteiger partial charge is 0.298 e. The van der Waals surface area contributed by atoms with Gasteiger partial charge in [0.1, 0.15) is 0 Å². The highest BCUT2D eigenvalue weighted by Gasteiger charge is 2.34. The topological polar surface area (TPSA) is 42.0 Å². The van der Waals surface area contributed by atoms with Gasteiger partial charge in [0.15, 0.2) is 10.8 Å². The van der Waals surface area contributed by atoms with Gasteiger partial charge in [-0.2, -0.15) is 13.2 Å². The van der Waals surface area contributed by atoms with Gasteiger partial charge >= 0.3 is 6.18 Å². The quantitative estimate of drug-likeness (QED) is 0.628. The monoisotopic (exact) mass is 382 g/mol. The maximum Gasteiger partial charge on any atom is 0.434 e. The first-order valence-corrected chi connectivity index (χ1v) is 8.30. The van der Waals surface area contributed by atoms with Gasteiger partial charge in [-0.05, 0) is 17.7 Å². The third-order valence-corrected chi connectivity index (χ3v) is 4.44. The van der Waals surface area contributed by atoms with Crippen molar-refractivity contribution in [1.29, 1.82) is 0 Å². The molecule has 1 N–H and O–H groups in total. The Morgan fingerprint density at radius 3 is 2.32 bits per heavy atom. The zero-order chi connectivity index (χ0) is 18.0. The highest BCUT2D eigenvalue weighted by Crippen LogP contribution is 2.33. The van der Waals surface area contributed by atoms with Crippen molar-refractivity contribution in [1.82, 2.24) is 4.98 Å². The summed E-state index contributed by atoms with van der Waals surface area (Å²) in [6, 6.07) is 13.7. The average molecular weight is 383 g/mol. The zero-order valence-electron chi connectivity index (χ0n) is 12.5. The van der Waals surface area contributed by atoms with Gasteiger partial charge in [-0.25, -0.2) is 4.98 Å². The number of rotatable bonds is 3. The van der Waals surface area contributed by atoms with Crippen LogP contribution in [-0.2, 0) is 6.18 Å². The third kappa shape index (κ3) is 3.83. The SMILES string of the molecule is O=C(Nc1nc(C(F)(F)F)cs1)c1ccccc1-c1ccccc1Cl. The fourth-order valence-electron chi connectivity index (χ4n) is 2.22. The first-order valence-electron chi connectivity index (χ1n) is 7.04. The van der Waals surface area contributed by atoms with Crippen LogP contribution >= 0.6 is 22.9 Å². The number of halogens is 4. The van der Waals surface area contributed by atoms with Gasteiger partial charge in [0.05, 0.1) is 0 Å². The van der Waals surface area contributed by atoms with Crippen LogP contribution < -0.4 is 5.32 Å². The second-order valence-corrected chi connectivity index (χ2v) is 6.28. The molecule has 0 radical (unpaired) electrons. The highest BCUT2D eigenvalue weighted by atomic mass is 35.5. The minimum Gasteiger partial charge on any atom is -0.298 e. The number of anilines is 1. The van der Waals surface area contributed by atoms with E-state index in [2.05, 4.69) is 10.3 Å². The molecule has 0 fully saturated rings. The first-order chi connectivity index (χ1) is 11.9. The number of nitrogens with one attached hydrogen (secondary N) is 1. The molecule has 0 spiro atoms. The molecule has 0 atom stereocenters. The lowest BCUT2D eigenvalue weighted by molar-refractivity contribution is -0.140. The third-order valence-electron chi connectivity index (χ3n) is 3.35. The number of amides is 1. The average Bonchev–Trinajstić information content (AvgIpc) is 3.04. The minimum absolute atomic E-state index is 0.119. The number of hydrogen-bond acceptors (Lipinski definition) is 3. The van der Waals surface area contributed by atoms with Crippen LogP contribution in [0.25, 0.3) is 11.1 Å². The van der Waals surface area contributed by atoms with Gasteiger partial charge in [0, 0.05) is 21.5 Å². The molecule has 0 aliphatic carbocycles. The van der Waals surface area contributed by atoms with E-state index in [-0.39, 0.29) is 5.13 Å². The summed E-state index contributed by atoms with van der Waals surface area (Å²) in [6.07, 6.45) is -4.55. The lowest BCUT2D eigenvalue weighted by Crippen LogP contribution is -2.13. The molecule has 1 amide bonds. The van der Waals surface area contributed by atoms with E-state index in [1.54, 1.807) is 48.5 Å². The van der Waals surface area contributed by atoms with Crippen molar-refractivity contribution in [2.24, 2.45) is 0 Å². The summed E-state index contributed by atoms with van der Waals surface area (Å²) < 4.78 is 37.8. The fraction of sp³-hybridized carbons (Fsp3) is 0.0588. The lowest BCUT2D eigenvalue weighted by atomic mass is 9.99. The van der Waals surface area contributed by atoms with Crippen LogP contribution in [0.1, 0.15) is 16.1 Å². The van der Waals surface area contributed by atoms with E-state index in [1.807, 2.05) is 0 Å². The molecule has 0 aliphatic rings. The molecule has 3 nitrogen and oxygen atoms in total. The van der Waals surface area contributed by atoms with E-state index in [9.17, 15) is 18.0 Å². The van der Waals surface area contributed by atoms with E-state index in [0.29, 0.717) is 33.0 Å². The molecule has 1 aromatic heterocycles. The largest absolute Gasteiger partial charge is 0.434 e. The zero-order valence-corrected chi connectivity index (χ0v) is 14.0. The number of thiazole rings is 1. The molecule has 0 saturated heterocycles. The second-order valence-electron chi connectivity index (χ2n) is 5.02. The van der Waals surface area contributed by atoms with Crippen molar-refractivity contribution in [2.75, 3.05) is 5.32 Å². The maximum atomic E-state index is 12.6. The Kier molecular flexibility index (Phi) is 4.78. The van der Waals surface area contributed by atoms with E-state index >= 15 is 0 Å². The molecular weight excluding hydrogens is 373 g/mol. The second kappa shape index (κ2) is 6.85. The van der Waals surface area contributed by atoms with Crippen LogP contribution in [0.2, 0.25) is 5.02 Å². The number of hydrogen-bond donors (Lipinski definition) is 1. The molecule has 1 heterocycles. The predicted octanol–water partition coefficient (Wildman–Crippen LogP) is 5.73. The minimum atomic E-state index is -4.55. The molecule has 0 bridgehead atoms. The number of carbonyl (C=O) groups is 1. The van der Waals surface area contributed by atoms with Crippen LogP contribution in [0.15, 0.2) is 53.9 Å². The van der Waals surface area contributed by atoms with E-state index < -0.39 is 17.8 Å². The van der Waals surface area contributed by atoms with E-state index in [4.69, 9.17) is 11.6 Å². The van der Waals surface area contributed by atoms with Gasteiger partial charge in [0.2, 0.25) is 0 Å². The number of carbonyl (C=O) groups excluding carboxylic acids is 1. The van der Waals surface area contributed by atoms with Crippen molar-refractivity contribution in [3.05, 3.63) is 70.2 Å². The predicted molar refractivity (Wildman–Crippen MR) is 92.0 cm³/mol. The van der Waals surface area contributed by atoms with Crippen molar-refractivity contribution in [3.8, 4) is 11.1 Å². The molecule has 0 saturated carbocycles. The van der Waals surface area contributed by atoms with Crippen LogP contribution in [0, 0.1) is 0 Å². The van der Waals surface area contributed by atoms with E-state index in [0.717, 1.165) is 5.38 Å². The molecule has 25 heavy (non-hydrogen) atoms. The molecule has 8 heteroatoms. The molecule has 3 aromatic rings. The summed E-state index contributed by atoms with van der Waals surface area (Å²) in [4.78, 5) is 15.9. The Hall–Kier alpha value is -2.38. The van der Waals surface area contributed by atoms with Gasteiger partial charge in [-0.1, -0.05) is 48.0 Å². The standard InChI is InChI=1S/C17H10ClF3N2OS/c18-13-8-4-3-6-11(13)10-5-1-2-7-12(10)15(24)23-16-22-14(9-25-16)17(19,20)21/h1-9H,(H,22,23,24). The Morgan fingerprint density at radius 2 is 1.68 bits per heavy atom. The normalized spacial score (nSPS) is 11.4. The number of benzene rings is 2. The van der Waals surface area contributed by atoms with Crippen molar-refractivity contribution in [2.45, 2.75) is 6.18 Å². The summed E-state index contributed by atoms with van der Waals surface area (Å²) in [5.41, 5.74) is 0.495. The van der Waals surface area contributed by atoms with Crippen LogP contribution in [0.4, 0.5) is 18.3 Å². The number of nitrogens with zero attached hydrogens (tertiary/aromatic N) is 1. The van der Waals surface area contributed by atoms with Gasteiger partial charge in [-0.15, -0.1) is 11.3 Å². The summed E-state index contributed by atoms with van der Waals surface area (Å²) in [5, 5.41) is 3.61. The lowest BCUT2D eigenvalue weighted by Gasteiger charge is -2.10. The summed E-state index contributed by atoms with van der Waals surface area (Å²) in [7, 11) is 0. The summed E-state index contributed by atoms with van der Waals surface area (Å²) in [5.74, 6) is -0.557. The number of alkyl halides is 3. The van der Waals surface area contributed by atoms with Gasteiger partial charge in [-0.3, -0.25) is 10.1 Å².